The SMILES string of the molecule is CCOc1cccc(Cl)c1NC(=O)c1cc2ccccc2c(N=Nc2c(C)cc(S(=O)(=O)O)cc2Cl)c1O. The zero-order valence-corrected chi connectivity index (χ0v) is 22.4. The molecule has 38 heavy (non-hydrogen) atoms. The van der Waals surface area contributed by atoms with Crippen molar-refractivity contribution in [3.8, 4) is 11.5 Å². The van der Waals surface area contributed by atoms with E-state index in [1.807, 2.05) is 0 Å². The average Bonchev–Trinajstić information content (AvgIpc) is 2.85. The molecule has 0 unspecified atom stereocenters. The Hall–Kier alpha value is -3.70. The Morgan fingerprint density at radius 2 is 1.71 bits per heavy atom. The third kappa shape index (κ3) is 5.58. The van der Waals surface area contributed by atoms with Gasteiger partial charge in [0.25, 0.3) is 16.0 Å². The number of nitrogens with one attached hydrogen (secondary N) is 1. The summed E-state index contributed by atoms with van der Waals surface area (Å²) >= 11 is 12.5. The molecular formula is C26H21Cl2N3O6S. The Labute approximate surface area is 228 Å². The lowest BCUT2D eigenvalue weighted by atomic mass is 10.0. The minimum absolute atomic E-state index is 0.00763. The molecule has 4 aromatic rings. The van der Waals surface area contributed by atoms with E-state index in [-0.39, 0.29) is 32.7 Å². The van der Waals surface area contributed by atoms with Gasteiger partial charge in [-0.25, -0.2) is 0 Å². The maximum atomic E-state index is 13.3. The van der Waals surface area contributed by atoms with Crippen LogP contribution < -0.4 is 10.1 Å². The summed E-state index contributed by atoms with van der Waals surface area (Å²) in [5, 5.41) is 23.4. The number of nitrogens with zero attached hydrogens (tertiary/aromatic N) is 2. The highest BCUT2D eigenvalue weighted by atomic mass is 35.5. The molecule has 0 aliphatic carbocycles. The van der Waals surface area contributed by atoms with Crippen LogP contribution in [-0.4, -0.2) is 30.6 Å². The number of azo groups is 1. The maximum absolute atomic E-state index is 13.3. The summed E-state index contributed by atoms with van der Waals surface area (Å²) in [6.07, 6.45) is 0. The molecule has 4 aromatic carbocycles. The number of aryl methyl sites for hydroxylation is 1. The molecule has 196 valence electrons. The van der Waals surface area contributed by atoms with E-state index in [2.05, 4.69) is 15.5 Å². The van der Waals surface area contributed by atoms with Crippen molar-refractivity contribution >= 4 is 67.1 Å². The Morgan fingerprint density at radius 1 is 1.00 bits per heavy atom. The third-order valence-electron chi connectivity index (χ3n) is 5.53. The van der Waals surface area contributed by atoms with Crippen LogP contribution in [0.3, 0.4) is 0 Å². The smallest absolute Gasteiger partial charge is 0.294 e. The van der Waals surface area contributed by atoms with E-state index in [0.717, 1.165) is 6.07 Å². The van der Waals surface area contributed by atoms with E-state index in [1.165, 1.54) is 19.1 Å². The van der Waals surface area contributed by atoms with Gasteiger partial charge in [0.2, 0.25) is 0 Å². The van der Waals surface area contributed by atoms with Gasteiger partial charge in [-0.1, -0.05) is 53.5 Å². The van der Waals surface area contributed by atoms with Gasteiger partial charge >= 0.3 is 0 Å². The first kappa shape index (κ1) is 27.3. The van der Waals surface area contributed by atoms with Crippen LogP contribution in [0.25, 0.3) is 10.8 Å². The number of benzene rings is 4. The average molecular weight is 574 g/mol. The summed E-state index contributed by atoms with van der Waals surface area (Å²) < 4.78 is 37.8. The van der Waals surface area contributed by atoms with Crippen molar-refractivity contribution in [1.82, 2.24) is 0 Å². The summed E-state index contributed by atoms with van der Waals surface area (Å²) in [5.41, 5.74) is 0.581. The minimum atomic E-state index is -4.48. The number of carbonyl (C=O) groups excluding carboxylic acids is 1. The quantitative estimate of drug-likeness (QED) is 0.155. The second-order valence-electron chi connectivity index (χ2n) is 8.09. The standard InChI is InChI=1S/C26H21Cl2N3O6S/c1-3-37-21-10-6-9-19(27)24(21)29-26(33)18-12-15-7-4-5-8-17(15)23(25(18)32)31-30-22-14(2)11-16(13-20(22)28)38(34,35)36/h4-13,32H,3H2,1-2H3,(H,29,33)(H,34,35,36). The van der Waals surface area contributed by atoms with Gasteiger partial charge in [-0.15, -0.1) is 10.2 Å². The number of fused-ring (bicyclic) bond motifs is 1. The fourth-order valence-corrected chi connectivity index (χ4v) is 4.93. The number of phenols is 1. The number of hydrogen-bond acceptors (Lipinski definition) is 7. The Balaban J connectivity index is 1.81. The monoisotopic (exact) mass is 573 g/mol. The second-order valence-corrected chi connectivity index (χ2v) is 10.3. The van der Waals surface area contributed by atoms with E-state index in [9.17, 15) is 22.9 Å². The highest BCUT2D eigenvalue weighted by Crippen LogP contribution is 2.42. The first-order valence-corrected chi connectivity index (χ1v) is 13.4. The number of halogens is 2. The van der Waals surface area contributed by atoms with Crippen molar-refractivity contribution in [2.24, 2.45) is 10.2 Å². The number of amides is 1. The molecule has 0 spiro atoms. The van der Waals surface area contributed by atoms with Crippen LogP contribution in [-0.2, 0) is 10.1 Å². The number of para-hydroxylation sites is 1. The number of phenolic OH excluding ortho intramolecular Hbond substituents is 1. The van der Waals surface area contributed by atoms with Crippen molar-refractivity contribution in [3.63, 3.8) is 0 Å². The Kier molecular flexibility index (Phi) is 7.89. The van der Waals surface area contributed by atoms with Gasteiger partial charge in [0.15, 0.2) is 5.75 Å². The molecule has 0 radical (unpaired) electrons. The Bertz CT molecular complexity index is 1680. The molecule has 0 saturated carbocycles. The molecule has 0 aliphatic rings. The van der Waals surface area contributed by atoms with Gasteiger partial charge in [0, 0.05) is 5.39 Å². The zero-order chi connectivity index (χ0) is 27.6. The molecule has 4 rings (SSSR count). The molecule has 9 nitrogen and oxygen atoms in total. The van der Waals surface area contributed by atoms with Crippen LogP contribution in [0, 0.1) is 6.92 Å². The van der Waals surface area contributed by atoms with E-state index in [0.29, 0.717) is 28.7 Å². The second kappa shape index (κ2) is 11.0. The summed E-state index contributed by atoms with van der Waals surface area (Å²) in [4.78, 5) is 12.9. The molecule has 0 bridgehead atoms. The van der Waals surface area contributed by atoms with Crippen LogP contribution >= 0.6 is 23.2 Å². The predicted molar refractivity (Wildman–Crippen MR) is 146 cm³/mol. The molecule has 0 aliphatic heterocycles. The summed E-state index contributed by atoms with van der Waals surface area (Å²) in [5.74, 6) is -0.740. The molecule has 0 heterocycles. The molecular weight excluding hydrogens is 553 g/mol. The molecule has 0 saturated heterocycles. The lowest BCUT2D eigenvalue weighted by Crippen LogP contribution is -2.14. The number of aromatic hydroxyl groups is 1. The molecule has 3 N–H and O–H groups in total. The van der Waals surface area contributed by atoms with E-state index in [1.54, 1.807) is 49.4 Å². The maximum Gasteiger partial charge on any atom is 0.294 e. The van der Waals surface area contributed by atoms with Crippen LogP contribution in [0.5, 0.6) is 11.5 Å². The van der Waals surface area contributed by atoms with Crippen molar-refractivity contribution < 1.29 is 27.6 Å². The van der Waals surface area contributed by atoms with E-state index < -0.39 is 26.7 Å². The predicted octanol–water partition coefficient (Wildman–Crippen LogP) is 7.47. The number of anilines is 1. The van der Waals surface area contributed by atoms with Crippen molar-refractivity contribution in [3.05, 3.63) is 81.8 Å². The fourth-order valence-electron chi connectivity index (χ4n) is 3.75. The van der Waals surface area contributed by atoms with Crippen molar-refractivity contribution in [2.75, 3.05) is 11.9 Å². The van der Waals surface area contributed by atoms with E-state index in [4.69, 9.17) is 27.9 Å². The molecule has 0 fully saturated rings. The van der Waals surface area contributed by atoms with Gasteiger partial charge < -0.3 is 15.2 Å². The molecule has 0 atom stereocenters. The number of hydrogen-bond donors (Lipinski definition) is 3. The molecule has 1 amide bonds. The number of ether oxygens (including phenoxy) is 1. The van der Waals surface area contributed by atoms with Crippen molar-refractivity contribution in [1.29, 1.82) is 0 Å². The van der Waals surface area contributed by atoms with Gasteiger partial charge in [-0.3, -0.25) is 9.35 Å². The van der Waals surface area contributed by atoms with Gasteiger partial charge in [-0.05, 0) is 55.1 Å². The first-order valence-electron chi connectivity index (χ1n) is 11.2. The summed E-state index contributed by atoms with van der Waals surface area (Å²) in [7, 11) is -4.48. The Morgan fingerprint density at radius 3 is 2.39 bits per heavy atom. The summed E-state index contributed by atoms with van der Waals surface area (Å²) in [6.45, 7) is 3.68. The van der Waals surface area contributed by atoms with Crippen LogP contribution in [0.2, 0.25) is 10.0 Å². The minimum Gasteiger partial charge on any atom is -0.505 e. The highest BCUT2D eigenvalue weighted by molar-refractivity contribution is 7.85. The first-order chi connectivity index (χ1) is 18.0. The van der Waals surface area contributed by atoms with Crippen LogP contribution in [0.15, 0.2) is 75.8 Å². The van der Waals surface area contributed by atoms with Crippen molar-refractivity contribution in [2.45, 2.75) is 18.7 Å². The van der Waals surface area contributed by atoms with Gasteiger partial charge in [0.05, 0.1) is 27.1 Å². The fraction of sp³-hybridized carbons (Fsp3) is 0.115. The van der Waals surface area contributed by atoms with Crippen LogP contribution in [0.4, 0.5) is 17.1 Å². The summed E-state index contributed by atoms with van der Waals surface area (Å²) in [6, 6.07) is 15.6. The molecule has 12 heteroatoms. The lowest BCUT2D eigenvalue weighted by Gasteiger charge is -2.15. The van der Waals surface area contributed by atoms with Gasteiger partial charge in [0.1, 0.15) is 22.8 Å². The topological polar surface area (TPSA) is 138 Å². The lowest BCUT2D eigenvalue weighted by molar-refractivity contribution is 0.102. The third-order valence-corrected chi connectivity index (χ3v) is 6.96. The zero-order valence-electron chi connectivity index (χ0n) is 20.1. The van der Waals surface area contributed by atoms with Crippen LogP contribution in [0.1, 0.15) is 22.8 Å². The van der Waals surface area contributed by atoms with E-state index >= 15 is 0 Å². The van der Waals surface area contributed by atoms with Gasteiger partial charge in [-0.2, -0.15) is 8.42 Å². The highest BCUT2D eigenvalue weighted by Gasteiger charge is 2.21. The largest absolute Gasteiger partial charge is 0.505 e. The normalized spacial score (nSPS) is 11.7. The molecule has 0 aromatic heterocycles. The number of carbonyl (C=O) groups is 1. The number of rotatable bonds is 7.